The average Bonchev–Trinajstić information content (AvgIpc) is 2.12. The number of nitrogens with one attached hydrogen (secondary N) is 1. The maximum absolute atomic E-state index is 10.9. The van der Waals surface area contributed by atoms with Gasteiger partial charge in [0.15, 0.2) is 0 Å². The fourth-order valence-corrected chi connectivity index (χ4v) is 1.42. The summed E-state index contributed by atoms with van der Waals surface area (Å²) in [6.45, 7) is 0. The number of fused-ring (bicyclic) bond motifs is 1. The summed E-state index contributed by atoms with van der Waals surface area (Å²) in [7, 11) is 0. The molecule has 0 aliphatic heterocycles. The minimum absolute atomic E-state index is 0.295. The second-order valence-corrected chi connectivity index (χ2v) is 3.29. The molecule has 0 unspecified atom stereocenters. The molecular weight excluding hydrogens is 211 g/mol. The third-order valence-electron chi connectivity index (χ3n) is 1.64. The van der Waals surface area contributed by atoms with Crippen LogP contribution in [0.1, 0.15) is 0 Å². The van der Waals surface area contributed by atoms with Crippen molar-refractivity contribution in [3.05, 3.63) is 38.7 Å². The summed E-state index contributed by atoms with van der Waals surface area (Å²) >= 11 is 11.6. The number of benzene rings is 1. The van der Waals surface area contributed by atoms with Crippen molar-refractivity contribution in [2.45, 2.75) is 0 Å². The minimum atomic E-state index is -0.295. The molecule has 1 aromatic heterocycles. The van der Waals surface area contributed by atoms with E-state index in [1.807, 2.05) is 0 Å². The number of hydrogen-bond donors (Lipinski definition) is 1. The quantitative estimate of drug-likeness (QED) is 0.732. The average molecular weight is 215 g/mol. The number of aromatic amines is 1. The van der Waals surface area contributed by atoms with E-state index in [4.69, 9.17) is 23.2 Å². The van der Waals surface area contributed by atoms with Crippen molar-refractivity contribution >= 4 is 34.2 Å². The molecule has 0 saturated carbocycles. The molecule has 2 rings (SSSR count). The number of halogens is 2. The van der Waals surface area contributed by atoms with Gasteiger partial charge in [0.05, 0.1) is 27.3 Å². The summed E-state index contributed by atoms with van der Waals surface area (Å²) < 4.78 is 0. The highest BCUT2D eigenvalue weighted by atomic mass is 35.5. The molecule has 3 nitrogen and oxygen atoms in total. The molecule has 1 N–H and O–H groups in total. The van der Waals surface area contributed by atoms with Crippen LogP contribution in [0.2, 0.25) is 10.0 Å². The molecule has 0 aliphatic carbocycles. The van der Waals surface area contributed by atoms with Crippen LogP contribution in [0.5, 0.6) is 0 Å². The third kappa shape index (κ3) is 1.41. The highest BCUT2D eigenvalue weighted by molar-refractivity contribution is 6.44. The first-order chi connectivity index (χ1) is 6.18. The molecule has 0 bridgehead atoms. The second kappa shape index (κ2) is 3.01. The summed E-state index contributed by atoms with van der Waals surface area (Å²) in [5, 5.41) is 0.724. The molecule has 1 heterocycles. The van der Waals surface area contributed by atoms with E-state index in [2.05, 4.69) is 9.97 Å². The Bertz CT molecular complexity index is 521. The molecule has 0 aliphatic rings. The molecule has 0 amide bonds. The molecule has 5 heteroatoms. The van der Waals surface area contributed by atoms with Gasteiger partial charge in [-0.15, -0.1) is 0 Å². The van der Waals surface area contributed by atoms with Crippen LogP contribution < -0.4 is 5.56 Å². The lowest BCUT2D eigenvalue weighted by Crippen LogP contribution is -2.05. The first-order valence-electron chi connectivity index (χ1n) is 3.51. The summed E-state index contributed by atoms with van der Waals surface area (Å²) in [5.74, 6) is 0. The van der Waals surface area contributed by atoms with Crippen molar-refractivity contribution in [1.29, 1.82) is 0 Å². The van der Waals surface area contributed by atoms with E-state index in [1.165, 1.54) is 6.20 Å². The van der Waals surface area contributed by atoms with Crippen LogP contribution in [0.4, 0.5) is 0 Å². The Morgan fingerprint density at radius 3 is 2.85 bits per heavy atom. The zero-order valence-corrected chi connectivity index (χ0v) is 7.86. The van der Waals surface area contributed by atoms with Crippen molar-refractivity contribution in [3.8, 4) is 0 Å². The maximum atomic E-state index is 10.9. The second-order valence-electron chi connectivity index (χ2n) is 2.50. The summed E-state index contributed by atoms with van der Waals surface area (Å²) in [6, 6.07) is 3.33. The number of H-pyrrole nitrogens is 1. The van der Waals surface area contributed by atoms with E-state index in [-0.39, 0.29) is 5.56 Å². The van der Waals surface area contributed by atoms with Crippen LogP contribution in [0.15, 0.2) is 23.1 Å². The van der Waals surface area contributed by atoms with Gasteiger partial charge >= 0.3 is 0 Å². The van der Waals surface area contributed by atoms with Gasteiger partial charge in [-0.3, -0.25) is 4.79 Å². The van der Waals surface area contributed by atoms with E-state index >= 15 is 0 Å². The predicted molar refractivity (Wildman–Crippen MR) is 52.4 cm³/mol. The Morgan fingerprint density at radius 2 is 2.08 bits per heavy atom. The van der Waals surface area contributed by atoms with Gasteiger partial charge in [-0.05, 0) is 12.1 Å². The predicted octanol–water partition coefficient (Wildman–Crippen LogP) is 2.23. The number of nitrogens with zero attached hydrogens (tertiary/aromatic N) is 1. The number of rotatable bonds is 0. The third-order valence-corrected chi connectivity index (χ3v) is 2.45. The minimum Gasteiger partial charge on any atom is -0.318 e. The fraction of sp³-hybridized carbons (Fsp3) is 0. The lowest BCUT2D eigenvalue weighted by molar-refractivity contribution is 1.22. The highest BCUT2D eigenvalue weighted by Crippen LogP contribution is 2.27. The van der Waals surface area contributed by atoms with Crippen LogP contribution in [-0.2, 0) is 0 Å². The SMILES string of the molecule is O=c1cnc2ccc(Cl)c(Cl)c2[nH]1. The van der Waals surface area contributed by atoms with Crippen molar-refractivity contribution in [1.82, 2.24) is 9.97 Å². The van der Waals surface area contributed by atoms with Crippen molar-refractivity contribution in [2.24, 2.45) is 0 Å². The molecule has 2 aromatic rings. The van der Waals surface area contributed by atoms with Gasteiger partial charge in [0, 0.05) is 0 Å². The van der Waals surface area contributed by atoms with Crippen molar-refractivity contribution < 1.29 is 0 Å². The standard InChI is InChI=1S/C8H4Cl2N2O/c9-4-1-2-5-8(7(4)10)12-6(13)3-11-5/h1-3H,(H,12,13). The topological polar surface area (TPSA) is 45.8 Å². The van der Waals surface area contributed by atoms with E-state index in [9.17, 15) is 4.79 Å². The highest BCUT2D eigenvalue weighted by Gasteiger charge is 2.04. The van der Waals surface area contributed by atoms with Crippen LogP contribution in [0.25, 0.3) is 11.0 Å². The van der Waals surface area contributed by atoms with Gasteiger partial charge in [-0.1, -0.05) is 23.2 Å². The molecule has 0 fully saturated rings. The Morgan fingerprint density at radius 1 is 1.31 bits per heavy atom. The Labute approximate surface area is 83.3 Å². The Balaban J connectivity index is 2.97. The van der Waals surface area contributed by atoms with E-state index < -0.39 is 0 Å². The zero-order valence-electron chi connectivity index (χ0n) is 6.34. The Kier molecular flexibility index (Phi) is 1.98. The van der Waals surface area contributed by atoms with E-state index in [0.717, 1.165) is 0 Å². The van der Waals surface area contributed by atoms with Crippen LogP contribution >= 0.6 is 23.2 Å². The lowest BCUT2D eigenvalue weighted by atomic mass is 10.3. The normalized spacial score (nSPS) is 10.6. The molecule has 66 valence electrons. The van der Waals surface area contributed by atoms with E-state index in [0.29, 0.717) is 21.1 Å². The van der Waals surface area contributed by atoms with Gasteiger partial charge in [-0.2, -0.15) is 0 Å². The lowest BCUT2D eigenvalue weighted by Gasteiger charge is -1.99. The summed E-state index contributed by atoms with van der Waals surface area (Å²) in [4.78, 5) is 17.4. The molecule has 0 spiro atoms. The van der Waals surface area contributed by atoms with Crippen LogP contribution in [0, 0.1) is 0 Å². The zero-order chi connectivity index (χ0) is 9.42. The molecule has 0 saturated heterocycles. The van der Waals surface area contributed by atoms with Gasteiger partial charge in [0.1, 0.15) is 0 Å². The van der Waals surface area contributed by atoms with E-state index in [1.54, 1.807) is 12.1 Å². The monoisotopic (exact) mass is 214 g/mol. The van der Waals surface area contributed by atoms with Crippen LogP contribution in [0.3, 0.4) is 0 Å². The molecule has 1 aromatic carbocycles. The van der Waals surface area contributed by atoms with Gasteiger partial charge < -0.3 is 4.98 Å². The van der Waals surface area contributed by atoms with Gasteiger partial charge in [-0.25, -0.2) is 4.98 Å². The fourth-order valence-electron chi connectivity index (χ4n) is 1.05. The summed E-state index contributed by atoms with van der Waals surface area (Å²) in [6.07, 6.45) is 1.20. The smallest absolute Gasteiger partial charge is 0.266 e. The molecule has 0 radical (unpaired) electrons. The number of aromatic nitrogens is 2. The maximum Gasteiger partial charge on any atom is 0.266 e. The molecular formula is C8H4Cl2N2O. The van der Waals surface area contributed by atoms with Gasteiger partial charge in [0.2, 0.25) is 0 Å². The number of hydrogen-bond acceptors (Lipinski definition) is 2. The van der Waals surface area contributed by atoms with Gasteiger partial charge in [0.25, 0.3) is 5.56 Å². The first kappa shape index (κ1) is 8.53. The molecule has 0 atom stereocenters. The van der Waals surface area contributed by atoms with Crippen molar-refractivity contribution in [3.63, 3.8) is 0 Å². The van der Waals surface area contributed by atoms with Crippen LogP contribution in [-0.4, -0.2) is 9.97 Å². The summed E-state index contributed by atoms with van der Waals surface area (Å²) in [5.41, 5.74) is 0.798. The van der Waals surface area contributed by atoms with Crippen molar-refractivity contribution in [2.75, 3.05) is 0 Å². The Hall–Kier alpha value is -1.06. The molecule has 13 heavy (non-hydrogen) atoms. The first-order valence-corrected chi connectivity index (χ1v) is 4.27. The largest absolute Gasteiger partial charge is 0.318 e.